The van der Waals surface area contributed by atoms with Gasteiger partial charge in [0, 0.05) is 18.3 Å². The zero-order valence-corrected chi connectivity index (χ0v) is 10.4. The molecule has 1 aromatic carbocycles. The number of fused-ring (bicyclic) bond motifs is 1. The van der Waals surface area contributed by atoms with Crippen LogP contribution in [0.4, 0.5) is 5.69 Å². The summed E-state index contributed by atoms with van der Waals surface area (Å²) >= 11 is 0. The number of ether oxygens (including phenoxy) is 1. The van der Waals surface area contributed by atoms with Crippen LogP contribution < -0.4 is 10.5 Å². The molecule has 0 aliphatic rings. The quantitative estimate of drug-likeness (QED) is 0.772. The van der Waals surface area contributed by atoms with Gasteiger partial charge in [-0.2, -0.15) is 0 Å². The number of benzene rings is 1. The maximum atomic E-state index is 5.76. The fraction of sp³-hybridized carbons (Fsp3) is 0.143. The Balaban J connectivity index is 1.70. The Morgan fingerprint density at radius 3 is 2.74 bits per heavy atom. The molecular weight excluding hydrogens is 240 g/mol. The molecule has 0 saturated carbocycles. The van der Waals surface area contributed by atoms with Gasteiger partial charge in [0.05, 0.1) is 6.61 Å². The SMILES string of the molecule is Nc1ccc2nnc(CCOc3ccccc3)n2c1. The molecule has 2 heterocycles. The highest BCUT2D eigenvalue weighted by atomic mass is 16.5. The molecular formula is C14H14N4O. The van der Waals surface area contributed by atoms with Crippen molar-refractivity contribution in [1.82, 2.24) is 14.6 Å². The van der Waals surface area contributed by atoms with Crippen molar-refractivity contribution in [3.05, 3.63) is 54.5 Å². The Bertz CT molecular complexity index is 678. The van der Waals surface area contributed by atoms with Crippen molar-refractivity contribution in [3.8, 4) is 5.75 Å². The number of nitrogen functional groups attached to an aromatic ring is 1. The van der Waals surface area contributed by atoms with E-state index in [0.717, 1.165) is 17.2 Å². The van der Waals surface area contributed by atoms with E-state index in [2.05, 4.69) is 10.2 Å². The van der Waals surface area contributed by atoms with Gasteiger partial charge in [-0.1, -0.05) is 18.2 Å². The Morgan fingerprint density at radius 1 is 1.05 bits per heavy atom. The van der Waals surface area contributed by atoms with Crippen LogP contribution in [0, 0.1) is 0 Å². The first kappa shape index (κ1) is 11.5. The number of aromatic nitrogens is 3. The molecule has 0 spiro atoms. The summed E-state index contributed by atoms with van der Waals surface area (Å²) in [6.07, 6.45) is 2.51. The third-order valence-electron chi connectivity index (χ3n) is 2.83. The van der Waals surface area contributed by atoms with Gasteiger partial charge in [-0.25, -0.2) is 0 Å². The van der Waals surface area contributed by atoms with E-state index in [1.54, 1.807) is 0 Å². The maximum Gasteiger partial charge on any atom is 0.160 e. The van der Waals surface area contributed by atoms with Crippen molar-refractivity contribution < 1.29 is 4.74 Å². The van der Waals surface area contributed by atoms with E-state index in [-0.39, 0.29) is 0 Å². The molecule has 0 aliphatic heterocycles. The fourth-order valence-corrected chi connectivity index (χ4v) is 1.90. The van der Waals surface area contributed by atoms with Crippen molar-refractivity contribution in [2.75, 3.05) is 12.3 Å². The van der Waals surface area contributed by atoms with Crippen LogP contribution in [0.25, 0.3) is 5.65 Å². The van der Waals surface area contributed by atoms with E-state index in [1.807, 2.05) is 53.1 Å². The Labute approximate surface area is 110 Å². The molecule has 5 nitrogen and oxygen atoms in total. The molecule has 2 aromatic heterocycles. The minimum atomic E-state index is 0.555. The number of para-hydroxylation sites is 1. The van der Waals surface area contributed by atoms with Gasteiger partial charge in [-0.3, -0.25) is 4.40 Å². The van der Waals surface area contributed by atoms with Crippen molar-refractivity contribution in [1.29, 1.82) is 0 Å². The Morgan fingerprint density at radius 2 is 1.89 bits per heavy atom. The Hall–Kier alpha value is -2.56. The molecule has 2 N–H and O–H groups in total. The first-order valence-electron chi connectivity index (χ1n) is 6.10. The predicted molar refractivity (Wildman–Crippen MR) is 73.0 cm³/mol. The highest BCUT2D eigenvalue weighted by molar-refractivity contribution is 5.47. The van der Waals surface area contributed by atoms with Gasteiger partial charge in [-0.15, -0.1) is 10.2 Å². The fourth-order valence-electron chi connectivity index (χ4n) is 1.90. The molecule has 0 unspecified atom stereocenters. The zero-order chi connectivity index (χ0) is 13.1. The van der Waals surface area contributed by atoms with E-state index < -0.39 is 0 Å². The predicted octanol–water partition coefficient (Wildman–Crippen LogP) is 1.93. The van der Waals surface area contributed by atoms with Gasteiger partial charge in [0.1, 0.15) is 11.6 Å². The van der Waals surface area contributed by atoms with Gasteiger partial charge in [-0.05, 0) is 24.3 Å². The summed E-state index contributed by atoms with van der Waals surface area (Å²) in [6, 6.07) is 13.4. The van der Waals surface area contributed by atoms with E-state index in [9.17, 15) is 0 Å². The standard InChI is InChI=1S/C14H14N4O/c15-11-6-7-13-16-17-14(18(13)10-11)8-9-19-12-4-2-1-3-5-12/h1-7,10H,8-9,15H2. The first-order chi connectivity index (χ1) is 9.33. The van der Waals surface area contributed by atoms with E-state index >= 15 is 0 Å². The molecule has 0 radical (unpaired) electrons. The van der Waals surface area contributed by atoms with E-state index in [0.29, 0.717) is 18.7 Å². The van der Waals surface area contributed by atoms with Crippen molar-refractivity contribution in [2.24, 2.45) is 0 Å². The molecule has 3 aromatic rings. The lowest BCUT2D eigenvalue weighted by atomic mass is 10.3. The van der Waals surface area contributed by atoms with Crippen molar-refractivity contribution >= 4 is 11.3 Å². The van der Waals surface area contributed by atoms with Crippen LogP contribution in [0.3, 0.4) is 0 Å². The lowest BCUT2D eigenvalue weighted by molar-refractivity contribution is 0.318. The molecule has 96 valence electrons. The molecule has 0 atom stereocenters. The van der Waals surface area contributed by atoms with Crippen LogP contribution >= 0.6 is 0 Å². The average Bonchev–Trinajstić information content (AvgIpc) is 2.83. The van der Waals surface area contributed by atoms with E-state index in [4.69, 9.17) is 10.5 Å². The first-order valence-corrected chi connectivity index (χ1v) is 6.10. The highest BCUT2D eigenvalue weighted by Gasteiger charge is 2.05. The second-order valence-corrected chi connectivity index (χ2v) is 4.22. The largest absolute Gasteiger partial charge is 0.493 e. The average molecular weight is 254 g/mol. The summed E-state index contributed by atoms with van der Waals surface area (Å²) < 4.78 is 7.54. The summed E-state index contributed by atoms with van der Waals surface area (Å²) in [5, 5.41) is 8.23. The third-order valence-corrected chi connectivity index (χ3v) is 2.83. The lowest BCUT2D eigenvalue weighted by Gasteiger charge is -2.05. The van der Waals surface area contributed by atoms with Gasteiger partial charge in [0.25, 0.3) is 0 Å². The topological polar surface area (TPSA) is 65.4 Å². The molecule has 0 saturated heterocycles. The number of hydrogen-bond acceptors (Lipinski definition) is 4. The number of nitrogens with zero attached hydrogens (tertiary/aromatic N) is 3. The molecule has 0 aliphatic carbocycles. The minimum absolute atomic E-state index is 0.555. The third kappa shape index (κ3) is 2.49. The van der Waals surface area contributed by atoms with Crippen molar-refractivity contribution in [2.45, 2.75) is 6.42 Å². The van der Waals surface area contributed by atoms with E-state index in [1.165, 1.54) is 0 Å². The lowest BCUT2D eigenvalue weighted by Crippen LogP contribution is -2.05. The van der Waals surface area contributed by atoms with Gasteiger partial charge >= 0.3 is 0 Å². The summed E-state index contributed by atoms with van der Waals surface area (Å²) in [6.45, 7) is 0.555. The molecule has 0 amide bonds. The second-order valence-electron chi connectivity index (χ2n) is 4.22. The number of nitrogens with two attached hydrogens (primary N) is 1. The number of anilines is 1. The molecule has 19 heavy (non-hydrogen) atoms. The van der Waals surface area contributed by atoms with Crippen LogP contribution in [-0.4, -0.2) is 21.2 Å². The molecule has 3 rings (SSSR count). The van der Waals surface area contributed by atoms with Crippen molar-refractivity contribution in [3.63, 3.8) is 0 Å². The van der Waals surface area contributed by atoms with Gasteiger partial charge in [0.2, 0.25) is 0 Å². The molecule has 5 heteroatoms. The van der Waals surface area contributed by atoms with Crippen LogP contribution in [0.5, 0.6) is 5.75 Å². The summed E-state index contributed by atoms with van der Waals surface area (Å²) in [5.41, 5.74) is 7.25. The summed E-state index contributed by atoms with van der Waals surface area (Å²) in [5.74, 6) is 1.70. The number of pyridine rings is 1. The smallest absolute Gasteiger partial charge is 0.160 e. The van der Waals surface area contributed by atoms with Gasteiger partial charge < -0.3 is 10.5 Å². The van der Waals surface area contributed by atoms with Gasteiger partial charge in [0.15, 0.2) is 5.65 Å². The monoisotopic (exact) mass is 254 g/mol. The highest BCUT2D eigenvalue weighted by Crippen LogP contribution is 2.11. The van der Waals surface area contributed by atoms with Crippen LogP contribution in [0.1, 0.15) is 5.82 Å². The summed E-state index contributed by atoms with van der Waals surface area (Å²) in [4.78, 5) is 0. The Kier molecular flexibility index (Phi) is 3.02. The molecule has 0 bridgehead atoms. The minimum Gasteiger partial charge on any atom is -0.493 e. The van der Waals surface area contributed by atoms with Crippen LogP contribution in [0.15, 0.2) is 48.7 Å². The number of rotatable bonds is 4. The van der Waals surface area contributed by atoms with Crippen LogP contribution in [0.2, 0.25) is 0 Å². The second kappa shape index (κ2) is 4.97. The normalized spacial score (nSPS) is 10.7. The molecule has 0 fully saturated rings. The maximum absolute atomic E-state index is 5.76. The van der Waals surface area contributed by atoms with Crippen LogP contribution in [-0.2, 0) is 6.42 Å². The number of hydrogen-bond donors (Lipinski definition) is 1. The summed E-state index contributed by atoms with van der Waals surface area (Å²) in [7, 11) is 0. The zero-order valence-electron chi connectivity index (χ0n) is 10.4.